The molecule has 0 aromatic rings. The Morgan fingerprint density at radius 2 is 2.00 bits per heavy atom. The molecule has 0 aromatic carbocycles. The summed E-state index contributed by atoms with van der Waals surface area (Å²) in [5.74, 6) is 0. The predicted molar refractivity (Wildman–Crippen MR) is 31.4 cm³/mol. The van der Waals surface area contributed by atoms with Gasteiger partial charge in [0.05, 0.1) is 6.10 Å². The first-order chi connectivity index (χ1) is 3.66. The lowest BCUT2D eigenvalue weighted by molar-refractivity contribution is -0.0670. The zero-order valence-corrected chi connectivity index (χ0v) is 5.65. The molecule has 0 rings (SSSR count). The first kappa shape index (κ1) is 7.89. The second-order valence-electron chi connectivity index (χ2n) is 1.90. The average Bonchev–Trinajstić information content (AvgIpc) is 1.65. The molecule has 0 aliphatic rings. The molecule has 0 aromatic heterocycles. The third-order valence-corrected chi connectivity index (χ3v) is 0.995. The topological polar surface area (TPSA) is 9.23 Å². The number of hydrogen-bond acceptors (Lipinski definition) is 1. The fourth-order valence-corrected chi connectivity index (χ4v) is 0.416. The van der Waals surface area contributed by atoms with Crippen molar-refractivity contribution in [2.75, 3.05) is 0 Å². The maximum absolute atomic E-state index is 11.9. The van der Waals surface area contributed by atoms with E-state index >= 15 is 0 Å². The van der Waals surface area contributed by atoms with Gasteiger partial charge in [0.2, 0.25) is 0 Å². The lowest BCUT2D eigenvalue weighted by Crippen LogP contribution is -2.11. The van der Waals surface area contributed by atoms with Crippen LogP contribution >= 0.6 is 0 Å². The molecule has 8 heavy (non-hydrogen) atoms. The minimum atomic E-state index is -1.12. The number of hydrogen-bond donors (Lipinski definition) is 0. The van der Waals surface area contributed by atoms with Crippen LogP contribution < -0.4 is 0 Å². The van der Waals surface area contributed by atoms with Crippen LogP contribution in [0.4, 0.5) is 4.39 Å². The molecule has 0 saturated heterocycles. The molecule has 2 heteroatoms. The van der Waals surface area contributed by atoms with Crippen LogP contribution in [0.25, 0.3) is 0 Å². The van der Waals surface area contributed by atoms with Crippen molar-refractivity contribution in [3.63, 3.8) is 0 Å². The van der Waals surface area contributed by atoms with Crippen LogP contribution in [0.1, 0.15) is 27.2 Å². The van der Waals surface area contributed by atoms with E-state index in [9.17, 15) is 4.39 Å². The van der Waals surface area contributed by atoms with E-state index in [2.05, 4.69) is 0 Å². The number of ether oxygens (including phenoxy) is 1. The van der Waals surface area contributed by atoms with E-state index in [4.69, 9.17) is 4.74 Å². The van der Waals surface area contributed by atoms with E-state index in [0.29, 0.717) is 0 Å². The van der Waals surface area contributed by atoms with Crippen molar-refractivity contribution < 1.29 is 9.13 Å². The standard InChI is InChI=1S/C6H13FO/c1-4-5(2)8-6(3)7/h5-6H,4H2,1-3H3. The van der Waals surface area contributed by atoms with Gasteiger partial charge >= 0.3 is 0 Å². The maximum atomic E-state index is 11.9. The largest absolute Gasteiger partial charge is 0.345 e. The van der Waals surface area contributed by atoms with Crippen molar-refractivity contribution in [2.45, 2.75) is 39.7 Å². The highest BCUT2D eigenvalue weighted by Gasteiger charge is 2.02. The molecular formula is C6H13FO. The van der Waals surface area contributed by atoms with E-state index in [0.717, 1.165) is 6.42 Å². The van der Waals surface area contributed by atoms with Gasteiger partial charge in [0.25, 0.3) is 0 Å². The predicted octanol–water partition coefficient (Wildman–Crippen LogP) is 2.12. The molecule has 1 nitrogen and oxygen atoms in total. The molecular weight excluding hydrogens is 107 g/mol. The van der Waals surface area contributed by atoms with Gasteiger partial charge in [-0.3, -0.25) is 0 Å². The molecule has 0 radical (unpaired) electrons. The van der Waals surface area contributed by atoms with Crippen LogP contribution in [-0.2, 0) is 4.74 Å². The Labute approximate surface area is 49.8 Å². The zero-order chi connectivity index (χ0) is 6.57. The molecule has 0 aliphatic carbocycles. The first-order valence-corrected chi connectivity index (χ1v) is 2.96. The monoisotopic (exact) mass is 120 g/mol. The lowest BCUT2D eigenvalue weighted by atomic mass is 10.3. The molecule has 0 amide bonds. The van der Waals surface area contributed by atoms with Crippen LogP contribution in [0.5, 0.6) is 0 Å². The Bertz CT molecular complexity index is 54.5. The molecule has 0 fully saturated rings. The third kappa shape index (κ3) is 4.06. The second-order valence-corrected chi connectivity index (χ2v) is 1.90. The van der Waals surface area contributed by atoms with Gasteiger partial charge in [-0.15, -0.1) is 0 Å². The Kier molecular flexibility index (Phi) is 3.79. The SMILES string of the molecule is CCC(C)OC(C)F. The van der Waals surface area contributed by atoms with Gasteiger partial charge in [0.15, 0.2) is 6.36 Å². The highest BCUT2D eigenvalue weighted by Crippen LogP contribution is 2.00. The molecule has 0 saturated carbocycles. The Morgan fingerprint density at radius 3 is 2.12 bits per heavy atom. The summed E-state index contributed by atoms with van der Waals surface area (Å²) in [6.07, 6.45) is -0.200. The van der Waals surface area contributed by atoms with Crippen LogP contribution in [0.3, 0.4) is 0 Å². The molecule has 0 bridgehead atoms. The van der Waals surface area contributed by atoms with Gasteiger partial charge in [-0.05, 0) is 20.3 Å². The average molecular weight is 120 g/mol. The van der Waals surface area contributed by atoms with Crippen molar-refractivity contribution in [3.8, 4) is 0 Å². The lowest BCUT2D eigenvalue weighted by Gasteiger charge is -2.09. The summed E-state index contributed by atoms with van der Waals surface area (Å²) in [6.45, 7) is 5.22. The summed E-state index contributed by atoms with van der Waals surface area (Å²) >= 11 is 0. The molecule has 0 heterocycles. The number of halogens is 1. The van der Waals surface area contributed by atoms with Gasteiger partial charge in [-0.2, -0.15) is 0 Å². The highest BCUT2D eigenvalue weighted by atomic mass is 19.1. The van der Waals surface area contributed by atoms with E-state index in [-0.39, 0.29) is 6.10 Å². The number of alkyl halides is 1. The van der Waals surface area contributed by atoms with Crippen LogP contribution in [0.15, 0.2) is 0 Å². The Balaban J connectivity index is 3.10. The maximum Gasteiger partial charge on any atom is 0.196 e. The minimum absolute atomic E-state index is 0.0509. The van der Waals surface area contributed by atoms with E-state index in [1.54, 1.807) is 0 Å². The van der Waals surface area contributed by atoms with Crippen molar-refractivity contribution >= 4 is 0 Å². The van der Waals surface area contributed by atoms with Crippen LogP contribution in [0, 0.1) is 0 Å². The molecule has 50 valence electrons. The van der Waals surface area contributed by atoms with Crippen LogP contribution in [-0.4, -0.2) is 12.5 Å². The zero-order valence-electron chi connectivity index (χ0n) is 5.65. The van der Waals surface area contributed by atoms with Crippen molar-refractivity contribution in [3.05, 3.63) is 0 Å². The summed E-state index contributed by atoms with van der Waals surface area (Å²) in [7, 11) is 0. The quantitative estimate of drug-likeness (QED) is 0.554. The van der Waals surface area contributed by atoms with Gasteiger partial charge in [0.1, 0.15) is 0 Å². The van der Waals surface area contributed by atoms with E-state index < -0.39 is 6.36 Å². The van der Waals surface area contributed by atoms with Crippen molar-refractivity contribution in [2.24, 2.45) is 0 Å². The summed E-state index contributed by atoms with van der Waals surface area (Å²) in [5, 5.41) is 0. The summed E-state index contributed by atoms with van der Waals surface area (Å²) in [5.41, 5.74) is 0. The fraction of sp³-hybridized carbons (Fsp3) is 1.00. The second kappa shape index (κ2) is 3.84. The van der Waals surface area contributed by atoms with Gasteiger partial charge < -0.3 is 4.74 Å². The Hall–Kier alpha value is -0.110. The van der Waals surface area contributed by atoms with Gasteiger partial charge in [0, 0.05) is 0 Å². The van der Waals surface area contributed by atoms with Gasteiger partial charge in [-0.25, -0.2) is 4.39 Å². The van der Waals surface area contributed by atoms with Gasteiger partial charge in [-0.1, -0.05) is 6.92 Å². The molecule has 0 N–H and O–H groups in total. The Morgan fingerprint density at radius 1 is 1.50 bits per heavy atom. The number of rotatable bonds is 3. The van der Waals surface area contributed by atoms with Crippen molar-refractivity contribution in [1.29, 1.82) is 0 Å². The van der Waals surface area contributed by atoms with E-state index in [1.807, 2.05) is 13.8 Å². The molecule has 0 spiro atoms. The van der Waals surface area contributed by atoms with Crippen LogP contribution in [0.2, 0.25) is 0 Å². The summed E-state index contributed by atoms with van der Waals surface area (Å²) in [4.78, 5) is 0. The normalized spacial score (nSPS) is 18.0. The molecule has 2 atom stereocenters. The minimum Gasteiger partial charge on any atom is -0.345 e. The third-order valence-electron chi connectivity index (χ3n) is 0.995. The first-order valence-electron chi connectivity index (χ1n) is 2.96. The smallest absolute Gasteiger partial charge is 0.196 e. The van der Waals surface area contributed by atoms with Crippen molar-refractivity contribution in [1.82, 2.24) is 0 Å². The summed E-state index contributed by atoms with van der Waals surface area (Å²) in [6, 6.07) is 0. The summed E-state index contributed by atoms with van der Waals surface area (Å²) < 4.78 is 16.6. The molecule has 2 unspecified atom stereocenters. The highest BCUT2D eigenvalue weighted by molar-refractivity contribution is 4.43. The fourth-order valence-electron chi connectivity index (χ4n) is 0.416. The molecule has 0 aliphatic heterocycles. The van der Waals surface area contributed by atoms with E-state index in [1.165, 1.54) is 6.92 Å².